The van der Waals surface area contributed by atoms with Gasteiger partial charge in [-0.05, 0) is 18.9 Å². The fraction of sp³-hybridized carbons (Fsp3) is 0.429. The van der Waals surface area contributed by atoms with Crippen LogP contribution in [0.4, 0.5) is 0 Å². The van der Waals surface area contributed by atoms with Gasteiger partial charge in [0.1, 0.15) is 11.6 Å². The minimum absolute atomic E-state index is 0.758. The first kappa shape index (κ1) is 13.3. The number of nitrogens with zero attached hydrogens (tertiary/aromatic N) is 3. The lowest BCUT2D eigenvalue weighted by Gasteiger charge is -2.08. The molecular weight excluding hydrogens is 290 g/mol. The predicted octanol–water partition coefficient (Wildman–Crippen LogP) is 3.48. The van der Waals surface area contributed by atoms with Gasteiger partial charge in [0, 0.05) is 13.0 Å². The van der Waals surface area contributed by atoms with Crippen LogP contribution in [0.1, 0.15) is 36.1 Å². The van der Waals surface area contributed by atoms with Crippen LogP contribution in [0.5, 0.6) is 0 Å². The van der Waals surface area contributed by atoms with Gasteiger partial charge in [-0.25, -0.2) is 0 Å². The molecule has 4 heteroatoms. The van der Waals surface area contributed by atoms with Crippen LogP contribution in [0, 0.1) is 6.92 Å². The molecule has 0 aliphatic carbocycles. The van der Waals surface area contributed by atoms with Crippen LogP contribution in [0.25, 0.3) is 0 Å². The molecule has 0 radical (unpaired) electrons. The van der Waals surface area contributed by atoms with Crippen LogP contribution in [0.3, 0.4) is 0 Å². The van der Waals surface area contributed by atoms with Gasteiger partial charge in [0.05, 0.1) is 5.33 Å². The fourth-order valence-corrected chi connectivity index (χ4v) is 2.39. The molecule has 0 spiro atoms. The van der Waals surface area contributed by atoms with Crippen molar-refractivity contribution < 1.29 is 0 Å². The Balaban J connectivity index is 2.22. The molecule has 2 rings (SSSR count). The summed E-state index contributed by atoms with van der Waals surface area (Å²) in [6.45, 7) is 5.26. The summed E-state index contributed by atoms with van der Waals surface area (Å²) in [7, 11) is 0. The number of aromatic nitrogens is 3. The van der Waals surface area contributed by atoms with E-state index >= 15 is 0 Å². The molecule has 1 aromatic carbocycles. The maximum atomic E-state index is 4.31. The maximum absolute atomic E-state index is 4.31. The third-order valence-electron chi connectivity index (χ3n) is 2.95. The van der Waals surface area contributed by atoms with Gasteiger partial charge in [-0.2, -0.15) is 0 Å². The lowest BCUT2D eigenvalue weighted by molar-refractivity contribution is 0.628. The molecule has 0 unspecified atom stereocenters. The molecule has 0 aliphatic rings. The standard InChI is InChI=1S/C14H18BrN3/c1-3-8-18-13(16-17-14(18)10-15)9-12-6-4-11(2)5-7-12/h4-7H,3,8-10H2,1-2H3. The van der Waals surface area contributed by atoms with Crippen molar-refractivity contribution >= 4 is 15.9 Å². The maximum Gasteiger partial charge on any atom is 0.143 e. The molecule has 18 heavy (non-hydrogen) atoms. The lowest BCUT2D eigenvalue weighted by atomic mass is 10.1. The van der Waals surface area contributed by atoms with Crippen molar-refractivity contribution in [1.29, 1.82) is 0 Å². The number of rotatable bonds is 5. The molecule has 2 aromatic rings. The quantitative estimate of drug-likeness (QED) is 0.792. The normalized spacial score (nSPS) is 10.8. The smallest absolute Gasteiger partial charge is 0.143 e. The van der Waals surface area contributed by atoms with E-state index in [1.165, 1.54) is 11.1 Å². The SMILES string of the molecule is CCCn1c(CBr)nnc1Cc1ccc(C)cc1. The number of hydrogen-bond donors (Lipinski definition) is 0. The van der Waals surface area contributed by atoms with Crippen LogP contribution in [-0.4, -0.2) is 14.8 Å². The topological polar surface area (TPSA) is 30.7 Å². The summed E-state index contributed by atoms with van der Waals surface area (Å²) in [6.07, 6.45) is 1.94. The Kier molecular flexibility index (Phi) is 4.53. The van der Waals surface area contributed by atoms with Crippen LogP contribution >= 0.6 is 15.9 Å². The van der Waals surface area contributed by atoms with Gasteiger partial charge in [-0.3, -0.25) is 0 Å². The van der Waals surface area contributed by atoms with Gasteiger partial charge >= 0.3 is 0 Å². The van der Waals surface area contributed by atoms with Crippen molar-refractivity contribution in [2.75, 3.05) is 0 Å². The monoisotopic (exact) mass is 307 g/mol. The second-order valence-electron chi connectivity index (χ2n) is 4.48. The highest BCUT2D eigenvalue weighted by Crippen LogP contribution is 2.13. The minimum atomic E-state index is 0.758. The highest BCUT2D eigenvalue weighted by Gasteiger charge is 2.10. The Morgan fingerprint density at radius 3 is 2.39 bits per heavy atom. The molecule has 0 saturated heterocycles. The zero-order valence-corrected chi connectivity index (χ0v) is 12.4. The third-order valence-corrected chi connectivity index (χ3v) is 3.46. The van der Waals surface area contributed by atoms with Gasteiger partial charge < -0.3 is 4.57 Å². The Hall–Kier alpha value is -1.16. The van der Waals surface area contributed by atoms with Crippen molar-refractivity contribution in [3.8, 4) is 0 Å². The third kappa shape index (κ3) is 2.99. The van der Waals surface area contributed by atoms with Crippen molar-refractivity contribution in [2.24, 2.45) is 0 Å². The Morgan fingerprint density at radius 1 is 1.11 bits per heavy atom. The van der Waals surface area contributed by atoms with Gasteiger partial charge in [-0.1, -0.05) is 52.7 Å². The van der Waals surface area contributed by atoms with Crippen LogP contribution < -0.4 is 0 Å². The first-order valence-electron chi connectivity index (χ1n) is 6.27. The second kappa shape index (κ2) is 6.14. The minimum Gasteiger partial charge on any atom is -0.314 e. The molecule has 0 bridgehead atoms. The van der Waals surface area contributed by atoms with Crippen LogP contribution in [0.15, 0.2) is 24.3 Å². The van der Waals surface area contributed by atoms with Gasteiger partial charge in [0.25, 0.3) is 0 Å². The van der Waals surface area contributed by atoms with Gasteiger partial charge in [-0.15, -0.1) is 10.2 Å². The molecule has 1 aromatic heterocycles. The molecule has 3 nitrogen and oxygen atoms in total. The van der Waals surface area contributed by atoms with Crippen LogP contribution in [-0.2, 0) is 18.3 Å². The van der Waals surface area contributed by atoms with Crippen molar-refractivity contribution in [3.63, 3.8) is 0 Å². The van der Waals surface area contributed by atoms with E-state index < -0.39 is 0 Å². The number of alkyl halides is 1. The molecule has 0 atom stereocenters. The Labute approximate surface area is 116 Å². The average molecular weight is 308 g/mol. The van der Waals surface area contributed by atoms with Gasteiger partial charge in [0.2, 0.25) is 0 Å². The highest BCUT2D eigenvalue weighted by atomic mass is 79.9. The zero-order valence-electron chi connectivity index (χ0n) is 10.9. The molecular formula is C14H18BrN3. The molecule has 0 saturated carbocycles. The van der Waals surface area contributed by atoms with Gasteiger partial charge in [0.15, 0.2) is 0 Å². The molecule has 0 aliphatic heterocycles. The van der Waals surface area contributed by atoms with E-state index in [4.69, 9.17) is 0 Å². The number of halogens is 1. The highest BCUT2D eigenvalue weighted by molar-refractivity contribution is 9.08. The number of benzene rings is 1. The van der Waals surface area contributed by atoms with E-state index in [1.807, 2.05) is 0 Å². The number of aryl methyl sites for hydroxylation is 1. The van der Waals surface area contributed by atoms with Crippen molar-refractivity contribution in [3.05, 3.63) is 47.0 Å². The lowest BCUT2D eigenvalue weighted by Crippen LogP contribution is -2.07. The summed E-state index contributed by atoms with van der Waals surface area (Å²) >= 11 is 3.46. The van der Waals surface area contributed by atoms with E-state index in [0.29, 0.717) is 0 Å². The molecule has 0 N–H and O–H groups in total. The van der Waals surface area contributed by atoms with E-state index in [9.17, 15) is 0 Å². The summed E-state index contributed by atoms with van der Waals surface area (Å²) in [5.74, 6) is 2.06. The summed E-state index contributed by atoms with van der Waals surface area (Å²) in [5.41, 5.74) is 2.57. The molecule has 1 heterocycles. The van der Waals surface area contributed by atoms with E-state index in [2.05, 4.69) is 68.8 Å². The van der Waals surface area contributed by atoms with Crippen molar-refractivity contribution in [1.82, 2.24) is 14.8 Å². The zero-order chi connectivity index (χ0) is 13.0. The summed E-state index contributed by atoms with van der Waals surface area (Å²) < 4.78 is 2.22. The van der Waals surface area contributed by atoms with E-state index in [1.54, 1.807) is 0 Å². The van der Waals surface area contributed by atoms with E-state index in [0.717, 1.165) is 36.4 Å². The fourth-order valence-electron chi connectivity index (χ4n) is 1.97. The van der Waals surface area contributed by atoms with E-state index in [-0.39, 0.29) is 0 Å². The average Bonchev–Trinajstić information content (AvgIpc) is 2.75. The summed E-state index contributed by atoms with van der Waals surface area (Å²) in [6, 6.07) is 8.60. The first-order valence-corrected chi connectivity index (χ1v) is 7.39. The Morgan fingerprint density at radius 2 is 1.78 bits per heavy atom. The summed E-state index contributed by atoms with van der Waals surface area (Å²) in [5, 5.41) is 9.30. The summed E-state index contributed by atoms with van der Waals surface area (Å²) in [4.78, 5) is 0. The molecule has 0 fully saturated rings. The predicted molar refractivity (Wildman–Crippen MR) is 76.9 cm³/mol. The largest absolute Gasteiger partial charge is 0.314 e. The van der Waals surface area contributed by atoms with Crippen LogP contribution in [0.2, 0.25) is 0 Å². The second-order valence-corrected chi connectivity index (χ2v) is 5.04. The molecule has 96 valence electrons. The van der Waals surface area contributed by atoms with Crippen molar-refractivity contribution in [2.45, 2.75) is 38.6 Å². The first-order chi connectivity index (χ1) is 8.74. The molecule has 0 amide bonds. The Bertz CT molecular complexity index is 502. The number of hydrogen-bond acceptors (Lipinski definition) is 2.